The van der Waals surface area contributed by atoms with Crippen LogP contribution >= 0.6 is 11.5 Å². The zero-order valence-corrected chi connectivity index (χ0v) is 9.21. The highest BCUT2D eigenvalue weighted by atomic mass is 32.1. The summed E-state index contributed by atoms with van der Waals surface area (Å²) in [6.07, 6.45) is 0.665. The standard InChI is InChI=1S/C9H15N3OS/c1-9(2)7(3-8(9)13)10-4-6-5-14-12-11-6/h5,7-8,10,13H,3-4H2,1-2H3. The third-order valence-corrected chi connectivity index (χ3v) is 3.70. The zero-order valence-electron chi connectivity index (χ0n) is 8.40. The van der Waals surface area contributed by atoms with E-state index in [0.29, 0.717) is 6.04 Å². The summed E-state index contributed by atoms with van der Waals surface area (Å²) >= 11 is 1.37. The highest BCUT2D eigenvalue weighted by molar-refractivity contribution is 7.03. The van der Waals surface area contributed by atoms with E-state index in [1.807, 2.05) is 5.38 Å². The molecule has 0 spiro atoms. The quantitative estimate of drug-likeness (QED) is 0.779. The summed E-state index contributed by atoms with van der Waals surface area (Å²) in [5.41, 5.74) is 0.968. The topological polar surface area (TPSA) is 58.0 Å². The smallest absolute Gasteiger partial charge is 0.0893 e. The molecular formula is C9H15N3OS. The minimum atomic E-state index is -0.173. The van der Waals surface area contributed by atoms with E-state index in [9.17, 15) is 5.11 Å². The predicted molar refractivity (Wildman–Crippen MR) is 54.9 cm³/mol. The first-order chi connectivity index (χ1) is 6.60. The molecule has 1 aromatic rings. The molecule has 2 rings (SSSR count). The maximum absolute atomic E-state index is 9.54. The Kier molecular flexibility index (Phi) is 2.55. The SMILES string of the molecule is CC1(C)C(O)CC1NCc1csnn1. The summed E-state index contributed by atoms with van der Waals surface area (Å²) in [4.78, 5) is 0. The third kappa shape index (κ3) is 1.67. The molecule has 0 aliphatic heterocycles. The van der Waals surface area contributed by atoms with Crippen molar-refractivity contribution in [2.45, 2.75) is 39.0 Å². The van der Waals surface area contributed by atoms with Gasteiger partial charge in [-0.3, -0.25) is 0 Å². The molecule has 4 nitrogen and oxygen atoms in total. The first-order valence-electron chi connectivity index (χ1n) is 4.78. The molecule has 2 N–H and O–H groups in total. The molecule has 2 unspecified atom stereocenters. The molecular weight excluding hydrogens is 198 g/mol. The van der Waals surface area contributed by atoms with Crippen molar-refractivity contribution < 1.29 is 5.11 Å². The normalized spacial score (nSPS) is 29.9. The molecule has 0 aromatic carbocycles. The van der Waals surface area contributed by atoms with E-state index < -0.39 is 0 Å². The molecule has 0 amide bonds. The Morgan fingerprint density at radius 2 is 2.50 bits per heavy atom. The maximum Gasteiger partial charge on any atom is 0.0893 e. The maximum atomic E-state index is 9.54. The lowest BCUT2D eigenvalue weighted by Crippen LogP contribution is -2.59. The number of aliphatic hydroxyl groups excluding tert-OH is 1. The molecule has 5 heteroatoms. The number of hydrogen-bond donors (Lipinski definition) is 2. The number of nitrogens with zero attached hydrogens (tertiary/aromatic N) is 2. The van der Waals surface area contributed by atoms with Gasteiger partial charge in [-0.2, -0.15) is 0 Å². The van der Waals surface area contributed by atoms with Gasteiger partial charge in [0.15, 0.2) is 0 Å². The van der Waals surface area contributed by atoms with Crippen molar-refractivity contribution in [3.63, 3.8) is 0 Å². The van der Waals surface area contributed by atoms with Crippen LogP contribution < -0.4 is 5.32 Å². The summed E-state index contributed by atoms with van der Waals surface area (Å²) in [6.45, 7) is 4.91. The number of aromatic nitrogens is 2. The molecule has 1 saturated carbocycles. The summed E-state index contributed by atoms with van der Waals surface area (Å²) in [6, 6.07) is 0.388. The lowest BCUT2D eigenvalue weighted by atomic mass is 9.64. The fraction of sp³-hybridized carbons (Fsp3) is 0.778. The average Bonchev–Trinajstić information content (AvgIpc) is 2.64. The van der Waals surface area contributed by atoms with Gasteiger partial charge in [0.25, 0.3) is 0 Å². The van der Waals surface area contributed by atoms with Crippen molar-refractivity contribution in [2.75, 3.05) is 0 Å². The van der Waals surface area contributed by atoms with Crippen LogP contribution in [0.2, 0.25) is 0 Å². The summed E-state index contributed by atoms with van der Waals surface area (Å²) < 4.78 is 3.80. The van der Waals surface area contributed by atoms with Crippen LogP contribution in [-0.2, 0) is 6.54 Å². The summed E-state index contributed by atoms with van der Waals surface area (Å²) in [7, 11) is 0. The second-order valence-corrected chi connectivity index (χ2v) is 5.01. The number of aliphatic hydroxyl groups is 1. The molecule has 0 saturated heterocycles. The number of hydrogen-bond acceptors (Lipinski definition) is 5. The lowest BCUT2D eigenvalue weighted by molar-refractivity contribution is -0.0730. The van der Waals surface area contributed by atoms with Gasteiger partial charge in [0.1, 0.15) is 0 Å². The number of rotatable bonds is 3. The van der Waals surface area contributed by atoms with E-state index in [1.165, 1.54) is 11.5 Å². The second-order valence-electron chi connectivity index (χ2n) is 4.40. The molecule has 0 bridgehead atoms. The van der Waals surface area contributed by atoms with Gasteiger partial charge in [0.2, 0.25) is 0 Å². The van der Waals surface area contributed by atoms with Crippen LogP contribution in [0.1, 0.15) is 26.0 Å². The Balaban J connectivity index is 1.83. The van der Waals surface area contributed by atoms with Crippen LogP contribution in [0.25, 0.3) is 0 Å². The van der Waals surface area contributed by atoms with Crippen molar-refractivity contribution >= 4 is 11.5 Å². The highest BCUT2D eigenvalue weighted by Crippen LogP contribution is 2.40. The fourth-order valence-corrected chi connectivity index (χ4v) is 2.19. The van der Waals surface area contributed by atoms with Gasteiger partial charge in [0.05, 0.1) is 11.8 Å². The van der Waals surface area contributed by atoms with Gasteiger partial charge in [-0.1, -0.05) is 18.3 Å². The Morgan fingerprint density at radius 3 is 3.00 bits per heavy atom. The summed E-state index contributed by atoms with van der Waals surface area (Å²) in [5, 5.41) is 18.8. The Morgan fingerprint density at radius 1 is 1.71 bits per heavy atom. The van der Waals surface area contributed by atoms with Crippen LogP contribution in [0.4, 0.5) is 0 Å². The van der Waals surface area contributed by atoms with Crippen LogP contribution in [0.15, 0.2) is 5.38 Å². The number of nitrogens with one attached hydrogen (secondary N) is 1. The molecule has 0 radical (unpaired) electrons. The molecule has 14 heavy (non-hydrogen) atoms. The first kappa shape index (κ1) is 10.0. The van der Waals surface area contributed by atoms with Crippen molar-refractivity contribution in [1.82, 2.24) is 14.9 Å². The van der Waals surface area contributed by atoms with Crippen LogP contribution in [0.5, 0.6) is 0 Å². The van der Waals surface area contributed by atoms with Crippen molar-refractivity contribution in [3.05, 3.63) is 11.1 Å². The molecule has 1 aromatic heterocycles. The van der Waals surface area contributed by atoms with Gasteiger partial charge >= 0.3 is 0 Å². The molecule has 78 valence electrons. The molecule has 2 atom stereocenters. The fourth-order valence-electron chi connectivity index (χ4n) is 1.74. The van der Waals surface area contributed by atoms with Crippen molar-refractivity contribution in [1.29, 1.82) is 0 Å². The monoisotopic (exact) mass is 213 g/mol. The van der Waals surface area contributed by atoms with Crippen molar-refractivity contribution in [3.8, 4) is 0 Å². The van der Waals surface area contributed by atoms with Gasteiger partial charge < -0.3 is 10.4 Å². The molecule has 1 aliphatic rings. The Labute approximate surface area is 87.5 Å². The predicted octanol–water partition coefficient (Wildman–Crippen LogP) is 0.787. The van der Waals surface area contributed by atoms with Gasteiger partial charge in [0, 0.05) is 23.4 Å². The minimum absolute atomic E-state index is 0.0105. The van der Waals surface area contributed by atoms with E-state index in [1.54, 1.807) is 0 Å². The minimum Gasteiger partial charge on any atom is -0.392 e. The third-order valence-electron chi connectivity index (χ3n) is 3.15. The summed E-state index contributed by atoms with van der Waals surface area (Å²) in [5.74, 6) is 0. The lowest BCUT2D eigenvalue weighted by Gasteiger charge is -2.49. The van der Waals surface area contributed by atoms with Crippen LogP contribution in [0, 0.1) is 5.41 Å². The molecule has 1 aliphatic carbocycles. The van der Waals surface area contributed by atoms with Crippen molar-refractivity contribution in [2.24, 2.45) is 5.41 Å². The zero-order chi connectivity index (χ0) is 10.2. The van der Waals surface area contributed by atoms with Gasteiger partial charge in [-0.15, -0.1) is 5.10 Å². The second kappa shape index (κ2) is 3.56. The highest BCUT2D eigenvalue weighted by Gasteiger charge is 2.46. The Bertz CT molecular complexity index is 299. The van der Waals surface area contributed by atoms with Crippen LogP contribution in [0.3, 0.4) is 0 Å². The van der Waals surface area contributed by atoms with Crippen LogP contribution in [-0.4, -0.2) is 26.8 Å². The van der Waals surface area contributed by atoms with Gasteiger partial charge in [-0.05, 0) is 18.0 Å². The van der Waals surface area contributed by atoms with E-state index >= 15 is 0 Å². The van der Waals surface area contributed by atoms with E-state index in [-0.39, 0.29) is 11.5 Å². The molecule has 1 heterocycles. The molecule has 1 fully saturated rings. The van der Waals surface area contributed by atoms with E-state index in [0.717, 1.165) is 18.7 Å². The van der Waals surface area contributed by atoms with E-state index in [2.05, 4.69) is 28.8 Å². The first-order valence-corrected chi connectivity index (χ1v) is 5.61. The van der Waals surface area contributed by atoms with E-state index in [4.69, 9.17) is 0 Å². The van der Waals surface area contributed by atoms with Gasteiger partial charge in [-0.25, -0.2) is 0 Å². The average molecular weight is 213 g/mol. The Hall–Kier alpha value is -0.520. The largest absolute Gasteiger partial charge is 0.392 e.